The lowest BCUT2D eigenvalue weighted by molar-refractivity contribution is -0.119. The number of fused-ring (bicyclic) bond motifs is 1. The van der Waals surface area contributed by atoms with Gasteiger partial charge >= 0.3 is 0 Å². The molecule has 2 aliphatic rings. The highest BCUT2D eigenvalue weighted by atomic mass is 16.2. The quantitative estimate of drug-likeness (QED) is 0.606. The van der Waals surface area contributed by atoms with Gasteiger partial charge in [0.05, 0.1) is 19.3 Å². The fourth-order valence-corrected chi connectivity index (χ4v) is 4.46. The maximum absolute atomic E-state index is 12.5. The van der Waals surface area contributed by atoms with Gasteiger partial charge in [0.15, 0.2) is 0 Å². The first-order valence-electron chi connectivity index (χ1n) is 11.8. The normalized spacial score (nSPS) is 17.4. The number of hydrogen-bond acceptors (Lipinski definition) is 5. The highest BCUT2D eigenvalue weighted by Gasteiger charge is 2.24. The maximum atomic E-state index is 12.5. The largest absolute Gasteiger partial charge is 0.352 e. The summed E-state index contributed by atoms with van der Waals surface area (Å²) >= 11 is 0. The van der Waals surface area contributed by atoms with Gasteiger partial charge in [-0.3, -0.25) is 14.5 Å². The fraction of sp³-hybridized carbons (Fsp3) is 0.542. The zero-order valence-electron chi connectivity index (χ0n) is 19.0. The Bertz CT molecular complexity index is 901. The van der Waals surface area contributed by atoms with Crippen LogP contribution >= 0.6 is 0 Å². The molecule has 1 N–H and O–H groups in total. The van der Waals surface area contributed by atoms with Crippen molar-refractivity contribution in [1.82, 2.24) is 24.9 Å². The minimum absolute atomic E-state index is 0.0450. The first-order valence-corrected chi connectivity index (χ1v) is 11.8. The standard InChI is InChI=1S/C24H34N6O2/c1-2-12-27-15-17-28(18-16-27)13-3-10-25-24(32)21-6-4-20(5-7-21)19-29-22-8-11-26-30(22)14-9-23(29)31/h4-8,11H,2-3,9-10,12-19H2,1H3,(H,25,32). The van der Waals surface area contributed by atoms with Gasteiger partial charge in [0.25, 0.3) is 5.91 Å². The monoisotopic (exact) mass is 438 g/mol. The first kappa shape index (κ1) is 22.5. The summed E-state index contributed by atoms with van der Waals surface area (Å²) in [5.74, 6) is 0.887. The van der Waals surface area contributed by atoms with Crippen molar-refractivity contribution in [2.24, 2.45) is 0 Å². The molecule has 0 saturated carbocycles. The van der Waals surface area contributed by atoms with E-state index in [4.69, 9.17) is 0 Å². The number of carbonyl (C=O) groups excluding carboxylic acids is 2. The molecule has 0 atom stereocenters. The molecule has 2 amide bonds. The predicted molar refractivity (Wildman–Crippen MR) is 125 cm³/mol. The van der Waals surface area contributed by atoms with Gasteiger partial charge in [0.1, 0.15) is 5.82 Å². The van der Waals surface area contributed by atoms with Gasteiger partial charge in [-0.1, -0.05) is 19.1 Å². The summed E-state index contributed by atoms with van der Waals surface area (Å²) in [7, 11) is 0. The number of carbonyl (C=O) groups is 2. The molecular formula is C24H34N6O2. The SMILES string of the molecule is CCCN1CCN(CCCNC(=O)c2ccc(CN3C(=O)CCn4nccc43)cc2)CC1. The Kier molecular flexibility index (Phi) is 7.55. The second kappa shape index (κ2) is 10.7. The van der Waals surface area contributed by atoms with E-state index in [-0.39, 0.29) is 11.8 Å². The van der Waals surface area contributed by atoms with Crippen LogP contribution in [0.3, 0.4) is 0 Å². The van der Waals surface area contributed by atoms with Crippen LogP contribution in [-0.4, -0.2) is 77.2 Å². The molecule has 8 heteroatoms. The second-order valence-electron chi connectivity index (χ2n) is 8.63. The molecule has 1 saturated heterocycles. The molecule has 1 aromatic carbocycles. The third-order valence-electron chi connectivity index (χ3n) is 6.31. The number of aryl methyl sites for hydroxylation is 1. The Hall–Kier alpha value is -2.71. The number of nitrogens with one attached hydrogen (secondary N) is 1. The molecule has 2 aromatic rings. The molecule has 3 heterocycles. The number of hydrogen-bond donors (Lipinski definition) is 1. The summed E-state index contributed by atoms with van der Waals surface area (Å²) in [4.78, 5) is 31.6. The van der Waals surface area contributed by atoms with E-state index in [9.17, 15) is 9.59 Å². The van der Waals surface area contributed by atoms with Crippen LogP contribution in [0.2, 0.25) is 0 Å². The molecular weight excluding hydrogens is 404 g/mol. The topological polar surface area (TPSA) is 73.7 Å². The number of benzene rings is 1. The van der Waals surface area contributed by atoms with Crippen molar-refractivity contribution < 1.29 is 9.59 Å². The molecule has 8 nitrogen and oxygen atoms in total. The van der Waals surface area contributed by atoms with E-state index in [1.807, 2.05) is 35.0 Å². The van der Waals surface area contributed by atoms with E-state index in [2.05, 4.69) is 27.1 Å². The molecule has 32 heavy (non-hydrogen) atoms. The van der Waals surface area contributed by atoms with E-state index in [1.54, 1.807) is 11.1 Å². The lowest BCUT2D eigenvalue weighted by Crippen LogP contribution is -2.47. The number of nitrogens with zero attached hydrogens (tertiary/aromatic N) is 5. The zero-order chi connectivity index (χ0) is 22.3. The van der Waals surface area contributed by atoms with Gasteiger partial charge in [0, 0.05) is 50.8 Å². The second-order valence-corrected chi connectivity index (χ2v) is 8.63. The van der Waals surface area contributed by atoms with Gasteiger partial charge < -0.3 is 15.1 Å². The van der Waals surface area contributed by atoms with Gasteiger partial charge in [-0.2, -0.15) is 5.10 Å². The summed E-state index contributed by atoms with van der Waals surface area (Å²) < 4.78 is 1.86. The van der Waals surface area contributed by atoms with Crippen LogP contribution in [0.4, 0.5) is 5.82 Å². The Morgan fingerprint density at radius 1 is 1.00 bits per heavy atom. The Morgan fingerprint density at radius 2 is 1.72 bits per heavy atom. The van der Waals surface area contributed by atoms with Crippen LogP contribution < -0.4 is 10.2 Å². The van der Waals surface area contributed by atoms with Gasteiger partial charge in [-0.05, 0) is 43.6 Å². The molecule has 0 spiro atoms. The van der Waals surface area contributed by atoms with Gasteiger partial charge in [0.2, 0.25) is 5.91 Å². The first-order chi connectivity index (χ1) is 15.6. The van der Waals surface area contributed by atoms with E-state index < -0.39 is 0 Å². The minimum atomic E-state index is -0.0450. The van der Waals surface area contributed by atoms with Crippen molar-refractivity contribution in [2.45, 2.75) is 39.3 Å². The minimum Gasteiger partial charge on any atom is -0.352 e. The average molecular weight is 439 g/mol. The van der Waals surface area contributed by atoms with Crippen molar-refractivity contribution in [1.29, 1.82) is 0 Å². The lowest BCUT2D eigenvalue weighted by Gasteiger charge is -2.34. The highest BCUT2D eigenvalue weighted by Crippen LogP contribution is 2.23. The molecule has 1 aromatic heterocycles. The maximum Gasteiger partial charge on any atom is 0.251 e. The fourth-order valence-electron chi connectivity index (χ4n) is 4.46. The summed E-state index contributed by atoms with van der Waals surface area (Å²) in [5, 5.41) is 7.29. The number of piperazine rings is 1. The van der Waals surface area contributed by atoms with E-state index in [1.165, 1.54) is 13.0 Å². The van der Waals surface area contributed by atoms with Crippen molar-refractivity contribution in [3.05, 3.63) is 47.7 Å². The van der Waals surface area contributed by atoms with E-state index in [0.29, 0.717) is 31.6 Å². The van der Waals surface area contributed by atoms with Crippen molar-refractivity contribution >= 4 is 17.6 Å². The summed E-state index contributed by atoms with van der Waals surface area (Å²) in [6.45, 7) is 10.8. The molecule has 0 bridgehead atoms. The van der Waals surface area contributed by atoms with Gasteiger partial charge in [-0.15, -0.1) is 0 Å². The van der Waals surface area contributed by atoms with Crippen molar-refractivity contribution in [3.63, 3.8) is 0 Å². The Morgan fingerprint density at radius 3 is 2.44 bits per heavy atom. The van der Waals surface area contributed by atoms with Crippen LogP contribution in [0.25, 0.3) is 0 Å². The van der Waals surface area contributed by atoms with Crippen LogP contribution in [-0.2, 0) is 17.9 Å². The average Bonchev–Trinajstić information content (AvgIpc) is 3.29. The summed E-state index contributed by atoms with van der Waals surface area (Å²) in [5.41, 5.74) is 1.64. The zero-order valence-corrected chi connectivity index (χ0v) is 19.0. The molecule has 4 rings (SSSR count). The summed E-state index contributed by atoms with van der Waals surface area (Å²) in [6.07, 6.45) is 4.36. The number of aromatic nitrogens is 2. The van der Waals surface area contributed by atoms with Crippen LogP contribution in [0.5, 0.6) is 0 Å². The molecule has 0 radical (unpaired) electrons. The highest BCUT2D eigenvalue weighted by molar-refractivity contribution is 5.95. The summed E-state index contributed by atoms with van der Waals surface area (Å²) in [6, 6.07) is 9.39. The number of rotatable bonds is 9. The Balaban J connectivity index is 1.20. The van der Waals surface area contributed by atoms with Gasteiger partial charge in [-0.25, -0.2) is 4.68 Å². The van der Waals surface area contributed by atoms with Crippen LogP contribution in [0.15, 0.2) is 36.5 Å². The third-order valence-corrected chi connectivity index (χ3v) is 6.31. The molecule has 2 aliphatic heterocycles. The smallest absolute Gasteiger partial charge is 0.251 e. The molecule has 0 aliphatic carbocycles. The van der Waals surface area contributed by atoms with Crippen molar-refractivity contribution in [2.75, 3.05) is 50.7 Å². The Labute approximate surface area is 190 Å². The molecule has 0 unspecified atom stereocenters. The number of anilines is 1. The van der Waals surface area contributed by atoms with Crippen molar-refractivity contribution in [3.8, 4) is 0 Å². The third kappa shape index (κ3) is 5.55. The van der Waals surface area contributed by atoms with Crippen LogP contribution in [0, 0.1) is 0 Å². The number of amides is 2. The van der Waals surface area contributed by atoms with Crippen LogP contribution in [0.1, 0.15) is 42.1 Å². The van der Waals surface area contributed by atoms with E-state index >= 15 is 0 Å². The molecule has 172 valence electrons. The lowest BCUT2D eigenvalue weighted by atomic mass is 10.1. The molecule has 1 fully saturated rings. The predicted octanol–water partition coefficient (Wildman–Crippen LogP) is 1.97. The van der Waals surface area contributed by atoms with E-state index in [0.717, 1.165) is 50.5 Å².